The zero-order chi connectivity index (χ0) is 16.7. The van der Waals surface area contributed by atoms with Crippen LogP contribution >= 0.6 is 0 Å². The molecule has 1 aliphatic rings. The second-order valence-electron chi connectivity index (χ2n) is 6.17. The van der Waals surface area contributed by atoms with Crippen LogP contribution in [0.1, 0.15) is 56.9 Å². The van der Waals surface area contributed by atoms with Crippen molar-refractivity contribution < 1.29 is 19.4 Å². The second kappa shape index (κ2) is 7.99. The van der Waals surface area contributed by atoms with E-state index in [1.807, 2.05) is 24.3 Å². The summed E-state index contributed by atoms with van der Waals surface area (Å²) in [6.45, 7) is 0. The average Bonchev–Trinajstić information content (AvgIpc) is 3.01. The van der Waals surface area contributed by atoms with Crippen LogP contribution in [0.3, 0.4) is 0 Å². The Kier molecular flexibility index (Phi) is 6.02. The van der Waals surface area contributed by atoms with E-state index in [4.69, 9.17) is 9.84 Å². The Balaban J connectivity index is 1.97. The molecular weight excluding hydrogens is 294 g/mol. The highest BCUT2D eigenvalue weighted by Crippen LogP contribution is 2.39. The summed E-state index contributed by atoms with van der Waals surface area (Å²) in [6.07, 6.45) is 5.74. The number of hydrogen-bond acceptors (Lipinski definition) is 3. The number of unbranched alkanes of at least 4 members (excludes halogenated alkanes) is 1. The fourth-order valence-corrected chi connectivity index (χ4v) is 3.27. The quantitative estimate of drug-likeness (QED) is 0.721. The van der Waals surface area contributed by atoms with Gasteiger partial charge in [0.2, 0.25) is 5.91 Å². The predicted molar refractivity (Wildman–Crippen MR) is 87.4 cm³/mol. The van der Waals surface area contributed by atoms with Gasteiger partial charge in [-0.05, 0) is 43.4 Å². The molecule has 1 aromatic rings. The molecule has 0 atom stereocenters. The van der Waals surface area contributed by atoms with Crippen molar-refractivity contribution in [3.8, 4) is 5.75 Å². The van der Waals surface area contributed by atoms with Gasteiger partial charge in [-0.2, -0.15) is 0 Å². The van der Waals surface area contributed by atoms with Gasteiger partial charge < -0.3 is 15.2 Å². The van der Waals surface area contributed by atoms with Gasteiger partial charge in [-0.25, -0.2) is 0 Å². The monoisotopic (exact) mass is 319 g/mol. The number of methoxy groups -OCH3 is 1. The molecule has 5 heteroatoms. The SMILES string of the molecule is COc1ccc(C2(NC(=O)CCCCC(=O)O)CCCC2)cc1. The molecule has 1 aromatic carbocycles. The van der Waals surface area contributed by atoms with Gasteiger partial charge in [0.25, 0.3) is 0 Å². The fraction of sp³-hybridized carbons (Fsp3) is 0.556. The van der Waals surface area contributed by atoms with E-state index in [9.17, 15) is 9.59 Å². The van der Waals surface area contributed by atoms with E-state index in [2.05, 4.69) is 5.32 Å². The van der Waals surface area contributed by atoms with Crippen LogP contribution in [0.5, 0.6) is 5.75 Å². The number of amides is 1. The molecule has 2 rings (SSSR count). The van der Waals surface area contributed by atoms with Crippen LogP contribution in [0.25, 0.3) is 0 Å². The van der Waals surface area contributed by atoms with E-state index in [1.54, 1.807) is 7.11 Å². The van der Waals surface area contributed by atoms with Crippen molar-refractivity contribution in [3.63, 3.8) is 0 Å². The Morgan fingerprint density at radius 1 is 1.13 bits per heavy atom. The molecule has 0 aliphatic heterocycles. The number of rotatable bonds is 8. The molecular formula is C18H25NO4. The first-order chi connectivity index (χ1) is 11.1. The lowest BCUT2D eigenvalue weighted by molar-refractivity contribution is -0.137. The van der Waals surface area contributed by atoms with Crippen molar-refractivity contribution in [1.29, 1.82) is 0 Å². The number of carboxylic acid groups (broad SMARTS) is 1. The summed E-state index contributed by atoms with van der Waals surface area (Å²) in [6, 6.07) is 7.90. The van der Waals surface area contributed by atoms with Gasteiger partial charge in [-0.3, -0.25) is 9.59 Å². The van der Waals surface area contributed by atoms with Crippen molar-refractivity contribution in [3.05, 3.63) is 29.8 Å². The molecule has 1 amide bonds. The highest BCUT2D eigenvalue weighted by molar-refractivity contribution is 5.77. The van der Waals surface area contributed by atoms with Gasteiger partial charge in [0, 0.05) is 12.8 Å². The zero-order valence-corrected chi connectivity index (χ0v) is 13.6. The zero-order valence-electron chi connectivity index (χ0n) is 13.6. The summed E-state index contributed by atoms with van der Waals surface area (Å²) >= 11 is 0. The summed E-state index contributed by atoms with van der Waals surface area (Å²) in [4.78, 5) is 22.8. The Labute approximate surface area is 137 Å². The minimum absolute atomic E-state index is 0.00751. The molecule has 1 aliphatic carbocycles. The molecule has 0 unspecified atom stereocenters. The predicted octanol–water partition coefficient (Wildman–Crippen LogP) is 3.23. The van der Waals surface area contributed by atoms with E-state index >= 15 is 0 Å². The second-order valence-corrected chi connectivity index (χ2v) is 6.17. The van der Waals surface area contributed by atoms with Crippen molar-refractivity contribution in [2.24, 2.45) is 0 Å². The minimum atomic E-state index is -0.809. The molecule has 23 heavy (non-hydrogen) atoms. The normalized spacial score (nSPS) is 16.0. The third-order valence-corrected chi connectivity index (χ3v) is 4.52. The summed E-state index contributed by atoms with van der Waals surface area (Å²) in [5.41, 5.74) is 0.838. The highest BCUT2D eigenvalue weighted by atomic mass is 16.5. The third kappa shape index (κ3) is 4.71. The van der Waals surface area contributed by atoms with Gasteiger partial charge >= 0.3 is 5.97 Å². The van der Waals surface area contributed by atoms with E-state index in [0.717, 1.165) is 37.0 Å². The number of hydrogen-bond donors (Lipinski definition) is 2. The lowest BCUT2D eigenvalue weighted by atomic mass is 9.87. The number of ether oxygens (including phenoxy) is 1. The number of aliphatic carboxylic acids is 1. The number of nitrogens with one attached hydrogen (secondary N) is 1. The maximum Gasteiger partial charge on any atom is 0.303 e. The number of carbonyl (C=O) groups excluding carboxylic acids is 1. The number of carboxylic acids is 1. The molecule has 1 saturated carbocycles. The van der Waals surface area contributed by atoms with Crippen molar-refractivity contribution in [1.82, 2.24) is 5.32 Å². The van der Waals surface area contributed by atoms with Crippen LogP contribution in [0.15, 0.2) is 24.3 Å². The molecule has 2 N–H and O–H groups in total. The van der Waals surface area contributed by atoms with Crippen LogP contribution in [-0.4, -0.2) is 24.1 Å². The van der Waals surface area contributed by atoms with Crippen LogP contribution in [0.2, 0.25) is 0 Å². The largest absolute Gasteiger partial charge is 0.497 e. The highest BCUT2D eigenvalue weighted by Gasteiger charge is 2.36. The summed E-state index contributed by atoms with van der Waals surface area (Å²) in [5.74, 6) is 0.00547. The van der Waals surface area contributed by atoms with Crippen molar-refractivity contribution in [2.45, 2.75) is 56.9 Å². The van der Waals surface area contributed by atoms with Gasteiger partial charge in [0.05, 0.1) is 12.6 Å². The third-order valence-electron chi connectivity index (χ3n) is 4.52. The first kappa shape index (κ1) is 17.3. The van der Waals surface area contributed by atoms with E-state index < -0.39 is 5.97 Å². The Hall–Kier alpha value is -2.04. The molecule has 0 aromatic heterocycles. The summed E-state index contributed by atoms with van der Waals surface area (Å²) in [7, 11) is 1.64. The van der Waals surface area contributed by atoms with Gasteiger partial charge in [-0.15, -0.1) is 0 Å². The Morgan fingerprint density at radius 3 is 2.30 bits per heavy atom. The first-order valence-corrected chi connectivity index (χ1v) is 8.23. The minimum Gasteiger partial charge on any atom is -0.497 e. The average molecular weight is 319 g/mol. The topological polar surface area (TPSA) is 75.6 Å². The lowest BCUT2D eigenvalue weighted by Crippen LogP contribution is -2.43. The van der Waals surface area contributed by atoms with Gasteiger partial charge in [0.15, 0.2) is 0 Å². The standard InChI is InChI=1S/C18H25NO4/c1-23-15-10-8-14(9-11-15)18(12-4-5-13-18)19-16(20)6-2-3-7-17(21)22/h8-11H,2-7,12-13H2,1H3,(H,19,20)(H,21,22). The molecule has 0 spiro atoms. The summed E-state index contributed by atoms with van der Waals surface area (Å²) < 4.78 is 5.20. The van der Waals surface area contributed by atoms with Crippen molar-refractivity contribution >= 4 is 11.9 Å². The van der Waals surface area contributed by atoms with Crippen LogP contribution < -0.4 is 10.1 Å². The molecule has 1 fully saturated rings. The maximum atomic E-state index is 12.3. The van der Waals surface area contributed by atoms with Crippen LogP contribution in [-0.2, 0) is 15.1 Å². The van der Waals surface area contributed by atoms with Gasteiger partial charge in [0.1, 0.15) is 5.75 Å². The first-order valence-electron chi connectivity index (χ1n) is 8.23. The smallest absolute Gasteiger partial charge is 0.303 e. The van der Waals surface area contributed by atoms with Gasteiger partial charge in [-0.1, -0.05) is 25.0 Å². The fourth-order valence-electron chi connectivity index (χ4n) is 3.27. The number of carbonyl (C=O) groups is 2. The Bertz CT molecular complexity index is 532. The van der Waals surface area contributed by atoms with Crippen LogP contribution in [0.4, 0.5) is 0 Å². The Morgan fingerprint density at radius 2 is 1.74 bits per heavy atom. The maximum absolute atomic E-state index is 12.3. The van der Waals surface area contributed by atoms with E-state index in [0.29, 0.717) is 19.3 Å². The molecule has 0 saturated heterocycles. The summed E-state index contributed by atoms with van der Waals surface area (Å²) in [5, 5.41) is 11.8. The van der Waals surface area contributed by atoms with E-state index in [-0.39, 0.29) is 17.9 Å². The lowest BCUT2D eigenvalue weighted by Gasteiger charge is -2.31. The molecule has 0 heterocycles. The molecule has 0 bridgehead atoms. The van der Waals surface area contributed by atoms with E-state index in [1.165, 1.54) is 0 Å². The van der Waals surface area contributed by atoms with Crippen LogP contribution in [0, 0.1) is 0 Å². The van der Waals surface area contributed by atoms with Crippen molar-refractivity contribution in [2.75, 3.05) is 7.11 Å². The molecule has 0 radical (unpaired) electrons. The number of benzene rings is 1. The molecule has 126 valence electrons. The molecule has 5 nitrogen and oxygen atoms in total.